The number of nitrogens with two attached hydrogens (primary N) is 1. The van der Waals surface area contributed by atoms with Crippen molar-refractivity contribution in [3.8, 4) is 0 Å². The molecule has 0 saturated heterocycles. The molecule has 0 spiro atoms. The maximum atomic E-state index is 5.74. The number of anilines is 2. The molecule has 0 amide bonds. The topological polar surface area (TPSA) is 60.0 Å². The quantitative estimate of drug-likeness (QED) is 0.780. The lowest BCUT2D eigenvalue weighted by Crippen LogP contribution is -2.19. The summed E-state index contributed by atoms with van der Waals surface area (Å²) in [6.45, 7) is 0.708. The molecule has 84 valence electrons. The van der Waals surface area contributed by atoms with Crippen molar-refractivity contribution in [2.45, 2.75) is 6.54 Å². The minimum atomic E-state index is 0.708. The van der Waals surface area contributed by atoms with Gasteiger partial charge in [0.15, 0.2) is 0 Å². The van der Waals surface area contributed by atoms with Gasteiger partial charge in [0, 0.05) is 25.5 Å². The van der Waals surface area contributed by atoms with Gasteiger partial charge in [0.25, 0.3) is 0 Å². The molecule has 1 aromatic carbocycles. The van der Waals surface area contributed by atoms with Gasteiger partial charge < -0.3 is 10.6 Å². The van der Waals surface area contributed by atoms with Gasteiger partial charge in [-0.15, -0.1) is 0 Å². The molecule has 0 radical (unpaired) electrons. The van der Waals surface area contributed by atoms with Crippen molar-refractivity contribution in [3.05, 3.63) is 36.4 Å². The third kappa shape index (κ3) is 2.13. The van der Waals surface area contributed by atoms with E-state index in [1.807, 2.05) is 38.4 Å². The average molecular weight is 217 g/mol. The van der Waals surface area contributed by atoms with E-state index in [0.717, 1.165) is 17.2 Å². The SMILES string of the molecule is CN(Cc1ncnn1C)c1cccc(N)c1. The van der Waals surface area contributed by atoms with Crippen LogP contribution in [0.1, 0.15) is 5.82 Å². The van der Waals surface area contributed by atoms with Crippen LogP contribution >= 0.6 is 0 Å². The Morgan fingerprint density at radius 2 is 2.25 bits per heavy atom. The normalized spacial score (nSPS) is 10.4. The predicted molar refractivity (Wildman–Crippen MR) is 64.0 cm³/mol. The molecule has 0 atom stereocenters. The molecule has 0 bridgehead atoms. The van der Waals surface area contributed by atoms with Crippen LogP contribution in [-0.4, -0.2) is 21.8 Å². The maximum absolute atomic E-state index is 5.74. The number of aryl methyl sites for hydroxylation is 1. The summed E-state index contributed by atoms with van der Waals surface area (Å²) in [5, 5.41) is 4.04. The van der Waals surface area contributed by atoms with Gasteiger partial charge in [-0.1, -0.05) is 6.07 Å². The highest BCUT2D eigenvalue weighted by atomic mass is 15.3. The summed E-state index contributed by atoms with van der Waals surface area (Å²) in [6.07, 6.45) is 1.56. The Hall–Kier alpha value is -2.04. The predicted octanol–water partition coefficient (Wildman–Crippen LogP) is 1.03. The Morgan fingerprint density at radius 3 is 2.88 bits per heavy atom. The van der Waals surface area contributed by atoms with Crippen molar-refractivity contribution < 1.29 is 0 Å². The second-order valence-electron chi connectivity index (χ2n) is 3.75. The van der Waals surface area contributed by atoms with E-state index in [4.69, 9.17) is 5.73 Å². The Kier molecular flexibility index (Phi) is 2.76. The van der Waals surface area contributed by atoms with Crippen LogP contribution in [0.2, 0.25) is 0 Å². The second kappa shape index (κ2) is 4.22. The van der Waals surface area contributed by atoms with Crippen molar-refractivity contribution in [3.63, 3.8) is 0 Å². The van der Waals surface area contributed by atoms with E-state index >= 15 is 0 Å². The molecule has 0 saturated carbocycles. The van der Waals surface area contributed by atoms with Crippen LogP contribution in [0.4, 0.5) is 11.4 Å². The Bertz CT molecular complexity index is 477. The van der Waals surface area contributed by atoms with E-state index in [1.54, 1.807) is 11.0 Å². The number of nitrogens with zero attached hydrogens (tertiary/aromatic N) is 4. The van der Waals surface area contributed by atoms with Crippen molar-refractivity contribution in [2.75, 3.05) is 17.7 Å². The standard InChI is InChI=1S/C11H15N5/c1-15(7-11-13-8-14-16(11)2)10-5-3-4-9(12)6-10/h3-6,8H,7,12H2,1-2H3. The van der Waals surface area contributed by atoms with Crippen LogP contribution in [0.3, 0.4) is 0 Å². The monoisotopic (exact) mass is 217 g/mol. The molecule has 16 heavy (non-hydrogen) atoms. The van der Waals surface area contributed by atoms with Gasteiger partial charge in [-0.25, -0.2) is 4.98 Å². The molecule has 5 heteroatoms. The molecule has 0 aliphatic rings. The molecule has 2 aromatic rings. The fourth-order valence-electron chi connectivity index (χ4n) is 1.53. The average Bonchev–Trinajstić information content (AvgIpc) is 2.64. The van der Waals surface area contributed by atoms with Gasteiger partial charge in [0.2, 0.25) is 0 Å². The van der Waals surface area contributed by atoms with Gasteiger partial charge in [-0.3, -0.25) is 4.68 Å². The van der Waals surface area contributed by atoms with E-state index in [9.17, 15) is 0 Å². The smallest absolute Gasteiger partial charge is 0.146 e. The maximum Gasteiger partial charge on any atom is 0.146 e. The summed E-state index contributed by atoms with van der Waals surface area (Å²) >= 11 is 0. The van der Waals surface area contributed by atoms with Gasteiger partial charge in [-0.2, -0.15) is 5.10 Å². The number of nitrogen functional groups attached to an aromatic ring is 1. The molecule has 0 fully saturated rings. The van der Waals surface area contributed by atoms with E-state index in [1.165, 1.54) is 0 Å². The van der Waals surface area contributed by atoms with Crippen LogP contribution in [0.25, 0.3) is 0 Å². The van der Waals surface area contributed by atoms with Gasteiger partial charge in [-0.05, 0) is 18.2 Å². The highest BCUT2D eigenvalue weighted by Gasteiger charge is 2.06. The summed E-state index contributed by atoms with van der Waals surface area (Å²) in [5.74, 6) is 0.921. The van der Waals surface area contributed by atoms with Crippen molar-refractivity contribution in [1.29, 1.82) is 0 Å². The van der Waals surface area contributed by atoms with E-state index in [2.05, 4.69) is 15.0 Å². The lowest BCUT2D eigenvalue weighted by molar-refractivity contribution is 0.688. The van der Waals surface area contributed by atoms with Crippen LogP contribution in [-0.2, 0) is 13.6 Å². The number of hydrogen-bond acceptors (Lipinski definition) is 4. The third-order valence-electron chi connectivity index (χ3n) is 2.49. The lowest BCUT2D eigenvalue weighted by Gasteiger charge is -2.18. The Labute approximate surface area is 94.5 Å². The Morgan fingerprint density at radius 1 is 1.44 bits per heavy atom. The number of rotatable bonds is 3. The van der Waals surface area contributed by atoms with Crippen molar-refractivity contribution >= 4 is 11.4 Å². The zero-order chi connectivity index (χ0) is 11.5. The molecule has 1 heterocycles. The number of aromatic nitrogens is 3. The first-order valence-electron chi connectivity index (χ1n) is 5.06. The largest absolute Gasteiger partial charge is 0.399 e. The molecule has 2 N–H and O–H groups in total. The molecule has 1 aromatic heterocycles. The highest BCUT2D eigenvalue weighted by Crippen LogP contribution is 2.17. The first-order chi connectivity index (χ1) is 7.66. The molecular weight excluding hydrogens is 202 g/mol. The summed E-state index contributed by atoms with van der Waals surface area (Å²) in [6, 6.07) is 7.78. The lowest BCUT2D eigenvalue weighted by atomic mass is 10.2. The zero-order valence-corrected chi connectivity index (χ0v) is 9.46. The van der Waals surface area contributed by atoms with Crippen LogP contribution in [0.15, 0.2) is 30.6 Å². The fourth-order valence-corrected chi connectivity index (χ4v) is 1.53. The first kappa shape index (κ1) is 10.5. The summed E-state index contributed by atoms with van der Waals surface area (Å²) in [5.41, 5.74) is 7.58. The van der Waals surface area contributed by atoms with E-state index < -0.39 is 0 Å². The molecule has 0 aliphatic heterocycles. The molecule has 0 aliphatic carbocycles. The Balaban J connectivity index is 2.14. The van der Waals surface area contributed by atoms with Crippen molar-refractivity contribution in [1.82, 2.24) is 14.8 Å². The molecule has 2 rings (SSSR count). The van der Waals surface area contributed by atoms with Crippen molar-refractivity contribution in [2.24, 2.45) is 7.05 Å². The van der Waals surface area contributed by atoms with Gasteiger partial charge >= 0.3 is 0 Å². The summed E-state index contributed by atoms with van der Waals surface area (Å²) in [4.78, 5) is 6.27. The number of hydrogen-bond donors (Lipinski definition) is 1. The van der Waals surface area contributed by atoms with Crippen LogP contribution < -0.4 is 10.6 Å². The molecule has 0 unspecified atom stereocenters. The highest BCUT2D eigenvalue weighted by molar-refractivity contribution is 5.55. The van der Waals surface area contributed by atoms with Crippen LogP contribution in [0, 0.1) is 0 Å². The van der Waals surface area contributed by atoms with Crippen LogP contribution in [0.5, 0.6) is 0 Å². The molecule has 5 nitrogen and oxygen atoms in total. The first-order valence-corrected chi connectivity index (χ1v) is 5.06. The number of benzene rings is 1. The minimum absolute atomic E-state index is 0.708. The zero-order valence-electron chi connectivity index (χ0n) is 9.46. The van der Waals surface area contributed by atoms with E-state index in [-0.39, 0.29) is 0 Å². The van der Waals surface area contributed by atoms with Gasteiger partial charge in [0.1, 0.15) is 12.2 Å². The van der Waals surface area contributed by atoms with Gasteiger partial charge in [0.05, 0.1) is 6.54 Å². The second-order valence-corrected chi connectivity index (χ2v) is 3.75. The molecular formula is C11H15N5. The van der Waals surface area contributed by atoms with E-state index in [0.29, 0.717) is 6.54 Å². The third-order valence-corrected chi connectivity index (χ3v) is 2.49. The fraction of sp³-hybridized carbons (Fsp3) is 0.273. The summed E-state index contributed by atoms with van der Waals surface area (Å²) < 4.78 is 1.77. The minimum Gasteiger partial charge on any atom is -0.399 e. The summed E-state index contributed by atoms with van der Waals surface area (Å²) in [7, 11) is 3.89.